The molecule has 1 aliphatic rings. The van der Waals surface area contributed by atoms with Gasteiger partial charge in [-0.05, 0) is 32.3 Å². The van der Waals surface area contributed by atoms with Gasteiger partial charge in [-0.3, -0.25) is 9.59 Å². The van der Waals surface area contributed by atoms with E-state index in [1.165, 1.54) is 11.3 Å². The second-order valence-corrected chi connectivity index (χ2v) is 7.93. The van der Waals surface area contributed by atoms with Gasteiger partial charge >= 0.3 is 0 Å². The van der Waals surface area contributed by atoms with Crippen LogP contribution in [0.3, 0.4) is 0 Å². The summed E-state index contributed by atoms with van der Waals surface area (Å²) in [4.78, 5) is 29.7. The van der Waals surface area contributed by atoms with Gasteiger partial charge in [0.2, 0.25) is 11.8 Å². The van der Waals surface area contributed by atoms with Gasteiger partial charge in [0.25, 0.3) is 0 Å². The molecule has 150 valence electrons. The highest BCUT2D eigenvalue weighted by Crippen LogP contribution is 2.21. The Balaban J connectivity index is 1.60. The molecule has 1 aromatic carbocycles. The van der Waals surface area contributed by atoms with Gasteiger partial charge in [0.05, 0.1) is 12.1 Å². The topological polar surface area (TPSA) is 80.3 Å². The van der Waals surface area contributed by atoms with Crippen molar-refractivity contribution in [3.8, 4) is 0 Å². The first-order valence-electron chi connectivity index (χ1n) is 9.74. The predicted octanol–water partition coefficient (Wildman–Crippen LogP) is 2.79. The molecular weight excluding hydrogens is 374 g/mol. The predicted molar refractivity (Wildman–Crippen MR) is 109 cm³/mol. The minimum atomic E-state index is -0.587. The van der Waals surface area contributed by atoms with Crippen molar-refractivity contribution >= 4 is 23.2 Å². The molecule has 2 atom stereocenters. The van der Waals surface area contributed by atoms with Crippen LogP contribution in [0.5, 0.6) is 0 Å². The summed E-state index contributed by atoms with van der Waals surface area (Å²) in [5.41, 5.74) is 1.71. The number of hydrogen-bond acceptors (Lipinski definition) is 5. The van der Waals surface area contributed by atoms with Crippen molar-refractivity contribution in [2.45, 2.75) is 57.7 Å². The molecule has 7 heteroatoms. The molecule has 2 amide bonds. The van der Waals surface area contributed by atoms with Gasteiger partial charge in [-0.2, -0.15) is 0 Å². The van der Waals surface area contributed by atoms with E-state index in [0.29, 0.717) is 18.7 Å². The molecule has 0 aliphatic heterocycles. The van der Waals surface area contributed by atoms with Crippen molar-refractivity contribution in [2.24, 2.45) is 0 Å². The van der Waals surface area contributed by atoms with E-state index >= 15 is 0 Å². The maximum absolute atomic E-state index is 12.6. The number of carbonyl (C=O) groups is 2. The van der Waals surface area contributed by atoms with Crippen LogP contribution in [-0.2, 0) is 27.2 Å². The van der Waals surface area contributed by atoms with Crippen LogP contribution in [0.2, 0.25) is 0 Å². The van der Waals surface area contributed by atoms with Gasteiger partial charge in [0.1, 0.15) is 17.2 Å². The van der Waals surface area contributed by atoms with Crippen molar-refractivity contribution in [1.82, 2.24) is 15.6 Å². The van der Waals surface area contributed by atoms with Crippen LogP contribution >= 0.6 is 11.3 Å². The van der Waals surface area contributed by atoms with Crippen molar-refractivity contribution in [2.75, 3.05) is 6.61 Å². The monoisotopic (exact) mass is 401 g/mol. The van der Waals surface area contributed by atoms with Crippen LogP contribution in [0.4, 0.5) is 0 Å². The third-order valence-corrected chi connectivity index (χ3v) is 5.59. The van der Waals surface area contributed by atoms with Gasteiger partial charge in [0.15, 0.2) is 0 Å². The first kappa shape index (κ1) is 20.5. The molecule has 0 saturated heterocycles. The fourth-order valence-corrected chi connectivity index (χ4v) is 3.73. The lowest BCUT2D eigenvalue weighted by Gasteiger charge is -2.18. The second kappa shape index (κ2) is 9.80. The normalized spacial score (nSPS) is 15.6. The van der Waals surface area contributed by atoms with Gasteiger partial charge in [-0.25, -0.2) is 4.98 Å². The number of benzene rings is 1. The summed E-state index contributed by atoms with van der Waals surface area (Å²) < 4.78 is 5.55. The van der Waals surface area contributed by atoms with Gasteiger partial charge in [-0.15, -0.1) is 11.3 Å². The molecule has 2 N–H and O–H groups in total. The average molecular weight is 402 g/mol. The number of thiazole rings is 1. The van der Waals surface area contributed by atoms with Gasteiger partial charge < -0.3 is 15.4 Å². The number of nitrogens with one attached hydrogen (secondary N) is 2. The zero-order valence-corrected chi connectivity index (χ0v) is 17.1. The average Bonchev–Trinajstić information content (AvgIpc) is 3.37. The first-order valence-corrected chi connectivity index (χ1v) is 10.6. The van der Waals surface area contributed by atoms with Gasteiger partial charge in [-0.1, -0.05) is 30.3 Å². The molecule has 2 aromatic rings. The van der Waals surface area contributed by atoms with Crippen molar-refractivity contribution in [3.63, 3.8) is 0 Å². The summed E-state index contributed by atoms with van der Waals surface area (Å²) in [5, 5.41) is 8.62. The summed E-state index contributed by atoms with van der Waals surface area (Å²) in [7, 11) is 0. The molecule has 6 nitrogen and oxygen atoms in total. The minimum Gasteiger partial charge on any atom is -0.372 e. The van der Waals surface area contributed by atoms with Crippen LogP contribution in [0.25, 0.3) is 0 Å². The largest absolute Gasteiger partial charge is 0.372 e. The lowest BCUT2D eigenvalue weighted by molar-refractivity contribution is -0.128. The van der Waals surface area contributed by atoms with Crippen LogP contribution < -0.4 is 10.6 Å². The lowest BCUT2D eigenvalue weighted by atomic mass is 10.0. The highest BCUT2D eigenvalue weighted by molar-refractivity contribution is 7.09. The second-order valence-electron chi connectivity index (χ2n) is 7.04. The smallest absolute Gasteiger partial charge is 0.243 e. The third kappa shape index (κ3) is 6.14. The Morgan fingerprint density at radius 3 is 2.71 bits per heavy atom. The Kier molecular flexibility index (Phi) is 7.17. The van der Waals surface area contributed by atoms with Crippen molar-refractivity contribution in [3.05, 3.63) is 52.0 Å². The summed E-state index contributed by atoms with van der Waals surface area (Å²) in [6, 6.07) is 9.40. The fourth-order valence-electron chi connectivity index (χ4n) is 2.91. The van der Waals surface area contributed by atoms with Crippen LogP contribution in [0.15, 0.2) is 35.7 Å². The van der Waals surface area contributed by atoms with E-state index in [0.717, 1.165) is 23.4 Å². The Bertz CT molecular complexity index is 789. The molecule has 0 spiro atoms. The Morgan fingerprint density at radius 1 is 1.29 bits per heavy atom. The Morgan fingerprint density at radius 2 is 2.04 bits per heavy atom. The zero-order valence-electron chi connectivity index (χ0n) is 16.3. The van der Waals surface area contributed by atoms with E-state index in [1.807, 2.05) is 49.6 Å². The maximum atomic E-state index is 12.6. The molecule has 1 heterocycles. The van der Waals surface area contributed by atoms with E-state index in [-0.39, 0.29) is 30.4 Å². The first-order chi connectivity index (χ1) is 13.5. The number of aromatic nitrogens is 1. The Labute approximate surface area is 169 Å². The molecule has 1 aliphatic carbocycles. The van der Waals surface area contributed by atoms with E-state index < -0.39 is 6.04 Å². The van der Waals surface area contributed by atoms with Crippen molar-refractivity contribution in [1.29, 1.82) is 0 Å². The SMILES string of the molecule is CCOC(C)c1nc(CC(=O)NC(Cc2ccccc2)C(=O)NC2CC2)cs1. The molecule has 1 aromatic heterocycles. The Hall–Kier alpha value is -2.25. The summed E-state index contributed by atoms with van der Waals surface area (Å²) in [5.74, 6) is -0.323. The quantitative estimate of drug-likeness (QED) is 0.642. The van der Waals surface area contributed by atoms with Gasteiger partial charge in [0, 0.05) is 24.4 Å². The maximum Gasteiger partial charge on any atom is 0.243 e. The van der Waals surface area contributed by atoms with E-state index in [2.05, 4.69) is 15.6 Å². The molecule has 1 fully saturated rings. The number of nitrogens with zero attached hydrogens (tertiary/aromatic N) is 1. The number of ether oxygens (including phenoxy) is 1. The molecule has 3 rings (SSSR count). The lowest BCUT2D eigenvalue weighted by Crippen LogP contribution is -2.49. The number of amides is 2. The highest BCUT2D eigenvalue weighted by atomic mass is 32.1. The molecular formula is C21H27N3O3S. The van der Waals surface area contributed by atoms with E-state index in [1.54, 1.807) is 0 Å². The molecule has 28 heavy (non-hydrogen) atoms. The summed E-state index contributed by atoms with van der Waals surface area (Å²) in [6.45, 7) is 4.51. The number of carbonyl (C=O) groups excluding carboxylic acids is 2. The number of rotatable bonds is 10. The highest BCUT2D eigenvalue weighted by Gasteiger charge is 2.28. The summed E-state index contributed by atoms with van der Waals surface area (Å²) in [6.07, 6.45) is 2.56. The van der Waals surface area contributed by atoms with E-state index in [9.17, 15) is 9.59 Å². The zero-order chi connectivity index (χ0) is 19.9. The molecule has 0 radical (unpaired) electrons. The van der Waals surface area contributed by atoms with Crippen LogP contribution in [0.1, 0.15) is 49.1 Å². The fraction of sp³-hybridized carbons (Fsp3) is 0.476. The van der Waals surface area contributed by atoms with Crippen LogP contribution in [0, 0.1) is 0 Å². The van der Waals surface area contributed by atoms with Crippen molar-refractivity contribution < 1.29 is 14.3 Å². The molecule has 0 bridgehead atoms. The minimum absolute atomic E-state index is 0.0815. The molecule has 2 unspecified atom stereocenters. The number of hydrogen-bond donors (Lipinski definition) is 2. The van der Waals surface area contributed by atoms with Crippen LogP contribution in [-0.4, -0.2) is 35.5 Å². The van der Waals surface area contributed by atoms with E-state index in [4.69, 9.17) is 4.74 Å². The molecule has 1 saturated carbocycles. The summed E-state index contributed by atoms with van der Waals surface area (Å²) >= 11 is 1.49. The third-order valence-electron chi connectivity index (χ3n) is 4.53. The standard InChI is InChI=1S/C21H27N3O3S/c1-3-27-14(2)21-23-17(13-28-21)12-19(25)24-18(20(26)22-16-9-10-16)11-15-7-5-4-6-8-15/h4-8,13-14,16,18H,3,9-12H2,1-2H3,(H,22,26)(H,24,25).